The zero-order valence-electron chi connectivity index (χ0n) is 14.9. The number of aromatic nitrogens is 2. The minimum atomic E-state index is 0.0789. The average Bonchev–Trinajstić information content (AvgIpc) is 2.97. The van der Waals surface area contributed by atoms with Gasteiger partial charge >= 0.3 is 0 Å². The quantitative estimate of drug-likeness (QED) is 0.681. The van der Waals surface area contributed by atoms with Crippen LogP contribution in [0.5, 0.6) is 0 Å². The van der Waals surface area contributed by atoms with Gasteiger partial charge in [0.25, 0.3) is 5.91 Å². The Bertz CT molecular complexity index is 941. The van der Waals surface area contributed by atoms with Crippen molar-refractivity contribution in [3.8, 4) is 0 Å². The maximum Gasteiger partial charge on any atom is 0.253 e. The molecule has 1 aliphatic heterocycles. The molecule has 0 atom stereocenters. The van der Waals surface area contributed by atoms with Gasteiger partial charge in [0.15, 0.2) is 0 Å². The molecular formula is C21H22ClN3O. The first kappa shape index (κ1) is 17.1. The fourth-order valence-corrected chi connectivity index (χ4v) is 4.00. The fraction of sp³-hybridized carbons (Fsp3) is 0.333. The lowest BCUT2D eigenvalue weighted by atomic mass is 9.96. The van der Waals surface area contributed by atoms with Gasteiger partial charge in [-0.2, -0.15) is 0 Å². The van der Waals surface area contributed by atoms with Gasteiger partial charge in [0.2, 0.25) is 0 Å². The van der Waals surface area contributed by atoms with E-state index in [4.69, 9.17) is 11.6 Å². The van der Waals surface area contributed by atoms with Gasteiger partial charge in [0.05, 0.1) is 11.0 Å². The summed E-state index contributed by atoms with van der Waals surface area (Å²) < 4.78 is 2.31. The van der Waals surface area contributed by atoms with Crippen LogP contribution in [0.2, 0.25) is 5.02 Å². The van der Waals surface area contributed by atoms with Crippen molar-refractivity contribution in [1.29, 1.82) is 0 Å². The second kappa shape index (κ2) is 7.12. The van der Waals surface area contributed by atoms with Gasteiger partial charge in [-0.05, 0) is 56.0 Å². The van der Waals surface area contributed by atoms with Gasteiger partial charge in [-0.3, -0.25) is 4.79 Å². The molecule has 1 fully saturated rings. The monoisotopic (exact) mass is 367 g/mol. The minimum absolute atomic E-state index is 0.0789. The molecule has 0 aliphatic carbocycles. The molecule has 2 heterocycles. The van der Waals surface area contributed by atoms with Gasteiger partial charge in [-0.25, -0.2) is 4.98 Å². The van der Waals surface area contributed by atoms with E-state index >= 15 is 0 Å². The normalized spacial score (nSPS) is 15.5. The summed E-state index contributed by atoms with van der Waals surface area (Å²) in [5.41, 5.74) is 2.92. The Hall–Kier alpha value is -2.33. The molecule has 3 aromatic rings. The smallest absolute Gasteiger partial charge is 0.253 e. The second-order valence-corrected chi connectivity index (χ2v) is 7.44. The summed E-state index contributed by atoms with van der Waals surface area (Å²) in [5.74, 6) is 1.70. The van der Waals surface area contributed by atoms with E-state index in [0.717, 1.165) is 43.8 Å². The minimum Gasteiger partial charge on any atom is -0.339 e. The van der Waals surface area contributed by atoms with E-state index in [1.54, 1.807) is 12.1 Å². The van der Waals surface area contributed by atoms with Crippen LogP contribution in [0.1, 0.15) is 29.0 Å². The standard InChI is InChI=1S/C21H22ClN3O/c1-15-23-19-7-2-3-8-20(19)25(15)14-16-9-11-24(12-10-16)21(26)17-5-4-6-18(22)13-17/h2-8,13,16H,9-12,14H2,1H3. The maximum atomic E-state index is 12.7. The zero-order valence-corrected chi connectivity index (χ0v) is 15.6. The molecule has 2 aromatic carbocycles. The number of para-hydroxylation sites is 2. The predicted octanol–water partition coefficient (Wildman–Crippen LogP) is 4.55. The van der Waals surface area contributed by atoms with Gasteiger partial charge in [0, 0.05) is 30.2 Å². The Morgan fingerprint density at radius 3 is 2.69 bits per heavy atom. The lowest BCUT2D eigenvalue weighted by Crippen LogP contribution is -2.39. The van der Waals surface area contributed by atoms with Crippen molar-refractivity contribution in [2.24, 2.45) is 5.92 Å². The number of halogens is 1. The van der Waals surface area contributed by atoms with Crippen LogP contribution in [-0.2, 0) is 6.54 Å². The van der Waals surface area contributed by atoms with Crippen molar-refractivity contribution >= 4 is 28.5 Å². The van der Waals surface area contributed by atoms with Crippen molar-refractivity contribution in [2.45, 2.75) is 26.3 Å². The first-order chi connectivity index (χ1) is 12.6. The summed E-state index contributed by atoms with van der Waals surface area (Å²) >= 11 is 6.01. The molecule has 0 unspecified atom stereocenters. The van der Waals surface area contributed by atoms with Crippen LogP contribution in [0.15, 0.2) is 48.5 Å². The third-order valence-corrected chi connectivity index (χ3v) is 5.49. The number of nitrogens with zero attached hydrogens (tertiary/aromatic N) is 3. The number of benzene rings is 2. The van der Waals surface area contributed by atoms with Crippen molar-refractivity contribution in [1.82, 2.24) is 14.5 Å². The Morgan fingerprint density at radius 2 is 1.92 bits per heavy atom. The number of rotatable bonds is 3. The van der Waals surface area contributed by atoms with Gasteiger partial charge in [-0.1, -0.05) is 29.8 Å². The predicted molar refractivity (Wildman–Crippen MR) is 105 cm³/mol. The number of hydrogen-bond donors (Lipinski definition) is 0. The highest BCUT2D eigenvalue weighted by Gasteiger charge is 2.24. The highest BCUT2D eigenvalue weighted by molar-refractivity contribution is 6.30. The van der Waals surface area contributed by atoms with E-state index in [-0.39, 0.29) is 5.91 Å². The SMILES string of the molecule is Cc1nc2ccccc2n1CC1CCN(C(=O)c2cccc(Cl)c2)CC1. The Balaban J connectivity index is 1.42. The van der Waals surface area contributed by atoms with Crippen molar-refractivity contribution < 1.29 is 4.79 Å². The van der Waals surface area contributed by atoms with Crippen LogP contribution < -0.4 is 0 Å². The van der Waals surface area contributed by atoms with Crippen LogP contribution >= 0.6 is 11.6 Å². The number of fused-ring (bicyclic) bond motifs is 1. The summed E-state index contributed by atoms with van der Waals surface area (Å²) in [5, 5.41) is 0.605. The Labute approximate surface area is 158 Å². The summed E-state index contributed by atoms with van der Waals surface area (Å²) in [6, 6.07) is 15.5. The third-order valence-electron chi connectivity index (χ3n) is 5.26. The molecule has 4 rings (SSSR count). The summed E-state index contributed by atoms with van der Waals surface area (Å²) in [6.07, 6.45) is 2.02. The van der Waals surface area contributed by atoms with Crippen molar-refractivity contribution in [3.05, 3.63) is 64.9 Å². The van der Waals surface area contributed by atoms with Crippen LogP contribution in [0.4, 0.5) is 0 Å². The second-order valence-electron chi connectivity index (χ2n) is 7.00. The van der Waals surface area contributed by atoms with E-state index in [1.165, 1.54) is 5.52 Å². The molecule has 0 N–H and O–H groups in total. The first-order valence-electron chi connectivity index (χ1n) is 9.08. The van der Waals surface area contributed by atoms with E-state index in [9.17, 15) is 4.79 Å². The highest BCUT2D eigenvalue weighted by Crippen LogP contribution is 2.24. The highest BCUT2D eigenvalue weighted by atomic mass is 35.5. The van der Waals surface area contributed by atoms with E-state index in [1.807, 2.05) is 23.1 Å². The Kier molecular flexibility index (Phi) is 4.68. The summed E-state index contributed by atoms with van der Waals surface area (Å²) in [7, 11) is 0. The molecule has 26 heavy (non-hydrogen) atoms. The number of imidazole rings is 1. The fourth-order valence-electron chi connectivity index (χ4n) is 3.81. The molecule has 1 aromatic heterocycles. The topological polar surface area (TPSA) is 38.1 Å². The summed E-state index contributed by atoms with van der Waals surface area (Å²) in [6.45, 7) is 4.62. The van der Waals surface area contributed by atoms with Crippen LogP contribution in [0.25, 0.3) is 11.0 Å². The van der Waals surface area contributed by atoms with Crippen LogP contribution in [0.3, 0.4) is 0 Å². The maximum absolute atomic E-state index is 12.7. The lowest BCUT2D eigenvalue weighted by molar-refractivity contribution is 0.0683. The lowest BCUT2D eigenvalue weighted by Gasteiger charge is -2.32. The largest absolute Gasteiger partial charge is 0.339 e. The van der Waals surface area contributed by atoms with E-state index < -0.39 is 0 Å². The van der Waals surface area contributed by atoms with Crippen LogP contribution in [-0.4, -0.2) is 33.4 Å². The van der Waals surface area contributed by atoms with Gasteiger partial charge < -0.3 is 9.47 Å². The van der Waals surface area contributed by atoms with Gasteiger partial charge in [0.1, 0.15) is 5.82 Å². The molecular weight excluding hydrogens is 346 g/mol. The van der Waals surface area contributed by atoms with Gasteiger partial charge in [-0.15, -0.1) is 0 Å². The number of carbonyl (C=O) groups excluding carboxylic acids is 1. The zero-order chi connectivity index (χ0) is 18.1. The molecule has 0 radical (unpaired) electrons. The number of aryl methyl sites for hydroxylation is 1. The molecule has 134 valence electrons. The number of hydrogen-bond acceptors (Lipinski definition) is 2. The van der Waals surface area contributed by atoms with Crippen molar-refractivity contribution in [2.75, 3.05) is 13.1 Å². The van der Waals surface area contributed by atoms with E-state index in [2.05, 4.69) is 34.7 Å². The van der Waals surface area contributed by atoms with Crippen LogP contribution in [0, 0.1) is 12.8 Å². The molecule has 5 heteroatoms. The third kappa shape index (κ3) is 3.34. The molecule has 1 aliphatic rings. The molecule has 4 nitrogen and oxygen atoms in total. The number of amides is 1. The number of carbonyl (C=O) groups is 1. The van der Waals surface area contributed by atoms with E-state index in [0.29, 0.717) is 16.5 Å². The first-order valence-corrected chi connectivity index (χ1v) is 9.46. The molecule has 1 saturated heterocycles. The molecule has 1 amide bonds. The number of piperidine rings is 1. The number of likely N-dealkylation sites (tertiary alicyclic amines) is 1. The molecule has 0 bridgehead atoms. The van der Waals surface area contributed by atoms with Crippen molar-refractivity contribution in [3.63, 3.8) is 0 Å². The molecule has 0 spiro atoms. The Morgan fingerprint density at radius 1 is 1.15 bits per heavy atom. The molecule has 0 saturated carbocycles. The average molecular weight is 368 g/mol. The summed E-state index contributed by atoms with van der Waals surface area (Å²) in [4.78, 5) is 19.3.